The molecule has 2 rings (SSSR count). The Labute approximate surface area is 128 Å². The van der Waals surface area contributed by atoms with Gasteiger partial charge in [-0.3, -0.25) is 0 Å². The lowest BCUT2D eigenvalue weighted by atomic mass is 9.86. The molecule has 0 saturated heterocycles. The molecule has 0 amide bonds. The van der Waals surface area contributed by atoms with Gasteiger partial charge in [0.05, 0.1) is 5.69 Å². The highest BCUT2D eigenvalue weighted by Crippen LogP contribution is 2.34. The maximum atomic E-state index is 13.0. The van der Waals surface area contributed by atoms with Crippen molar-refractivity contribution in [2.45, 2.75) is 57.4 Å². The van der Waals surface area contributed by atoms with E-state index in [1.807, 2.05) is 19.9 Å². The van der Waals surface area contributed by atoms with E-state index in [0.29, 0.717) is 11.6 Å². The fourth-order valence-corrected chi connectivity index (χ4v) is 5.18. The van der Waals surface area contributed by atoms with Crippen molar-refractivity contribution in [2.24, 2.45) is 5.92 Å². The number of nitrogens with zero attached hydrogens (tertiary/aromatic N) is 1. The van der Waals surface area contributed by atoms with E-state index in [2.05, 4.69) is 6.92 Å². The molecule has 1 aromatic carbocycles. The van der Waals surface area contributed by atoms with Crippen LogP contribution in [0.1, 0.15) is 43.7 Å². The minimum Gasteiger partial charge on any atom is -0.398 e. The van der Waals surface area contributed by atoms with Crippen LogP contribution in [-0.4, -0.2) is 25.8 Å². The smallest absolute Gasteiger partial charge is 0.245 e. The summed E-state index contributed by atoms with van der Waals surface area (Å²) in [5, 5.41) is 0. The van der Waals surface area contributed by atoms with Crippen LogP contribution in [0.25, 0.3) is 0 Å². The Morgan fingerprint density at radius 2 is 1.81 bits per heavy atom. The quantitative estimate of drug-likeness (QED) is 0.873. The number of hydrogen-bond donors (Lipinski definition) is 1. The van der Waals surface area contributed by atoms with Crippen LogP contribution in [0.4, 0.5) is 5.69 Å². The second-order valence-corrected chi connectivity index (χ2v) is 8.21. The zero-order chi connectivity index (χ0) is 15.8. The van der Waals surface area contributed by atoms with Gasteiger partial charge in [0.2, 0.25) is 10.0 Å². The maximum absolute atomic E-state index is 13.0. The van der Waals surface area contributed by atoms with E-state index in [1.165, 1.54) is 6.42 Å². The number of nitrogens with two attached hydrogens (primary N) is 1. The summed E-state index contributed by atoms with van der Waals surface area (Å²) in [5.41, 5.74) is 8.02. The molecule has 0 heterocycles. The summed E-state index contributed by atoms with van der Waals surface area (Å²) in [6.45, 7) is 5.88. The van der Waals surface area contributed by atoms with Gasteiger partial charge >= 0.3 is 0 Å². The predicted octanol–water partition coefficient (Wildman–Crippen LogP) is 3.08. The number of hydrogen-bond acceptors (Lipinski definition) is 3. The highest BCUT2D eigenvalue weighted by atomic mass is 32.2. The van der Waals surface area contributed by atoms with Gasteiger partial charge in [0, 0.05) is 13.1 Å². The lowest BCUT2D eigenvalue weighted by Crippen LogP contribution is -2.43. The molecule has 0 bridgehead atoms. The molecule has 2 unspecified atom stereocenters. The minimum atomic E-state index is -3.55. The van der Waals surface area contributed by atoms with E-state index in [1.54, 1.807) is 17.4 Å². The Balaban J connectivity index is 2.45. The molecular formula is C16H26N2O2S. The number of benzene rings is 1. The molecule has 0 aromatic heterocycles. The van der Waals surface area contributed by atoms with E-state index in [0.717, 1.165) is 30.4 Å². The Bertz CT molecular complexity index is 625. The standard InChI is InChI=1S/C16H26N2O2S/c1-11-9-10-14(17)16(13(11)3)21(19,20)18(4)15-8-6-5-7-12(15)2/h9-10,12,15H,5-8,17H2,1-4H3. The third-order valence-corrected chi connectivity index (χ3v) is 6.96. The molecule has 4 nitrogen and oxygen atoms in total. The van der Waals surface area contributed by atoms with E-state index < -0.39 is 10.0 Å². The number of nitrogen functional groups attached to an aromatic ring is 1. The van der Waals surface area contributed by atoms with Crippen molar-refractivity contribution < 1.29 is 8.42 Å². The topological polar surface area (TPSA) is 63.4 Å². The summed E-state index contributed by atoms with van der Waals surface area (Å²) in [4.78, 5) is 0.280. The Morgan fingerprint density at radius 3 is 2.43 bits per heavy atom. The van der Waals surface area contributed by atoms with Crippen LogP contribution >= 0.6 is 0 Å². The lowest BCUT2D eigenvalue weighted by Gasteiger charge is -2.36. The fraction of sp³-hybridized carbons (Fsp3) is 0.625. The second-order valence-electron chi connectivity index (χ2n) is 6.28. The highest BCUT2D eigenvalue weighted by molar-refractivity contribution is 7.89. The van der Waals surface area contributed by atoms with Crippen LogP contribution in [0.5, 0.6) is 0 Å². The van der Waals surface area contributed by atoms with Gasteiger partial charge in [0.25, 0.3) is 0 Å². The van der Waals surface area contributed by atoms with E-state index >= 15 is 0 Å². The maximum Gasteiger partial charge on any atom is 0.245 e. The van der Waals surface area contributed by atoms with Crippen LogP contribution in [-0.2, 0) is 10.0 Å². The first-order chi connectivity index (χ1) is 9.76. The predicted molar refractivity (Wildman–Crippen MR) is 86.7 cm³/mol. The average Bonchev–Trinajstić information content (AvgIpc) is 2.43. The molecule has 5 heteroatoms. The number of sulfonamides is 1. The molecule has 1 aliphatic rings. The third-order valence-electron chi connectivity index (χ3n) is 4.88. The average molecular weight is 310 g/mol. The first kappa shape index (κ1) is 16.3. The molecule has 2 N–H and O–H groups in total. The lowest BCUT2D eigenvalue weighted by molar-refractivity contribution is 0.213. The van der Waals surface area contributed by atoms with Gasteiger partial charge in [0.1, 0.15) is 4.90 Å². The van der Waals surface area contributed by atoms with Gasteiger partial charge in [-0.15, -0.1) is 0 Å². The highest BCUT2D eigenvalue weighted by Gasteiger charge is 2.34. The summed E-state index contributed by atoms with van der Waals surface area (Å²) in [5.74, 6) is 0.393. The Kier molecular flexibility index (Phi) is 4.63. The van der Waals surface area contributed by atoms with Gasteiger partial charge in [-0.2, -0.15) is 4.31 Å². The summed E-state index contributed by atoms with van der Waals surface area (Å²) in [7, 11) is -1.85. The van der Waals surface area contributed by atoms with Crippen molar-refractivity contribution in [3.63, 3.8) is 0 Å². The first-order valence-corrected chi connectivity index (χ1v) is 9.04. The van der Waals surface area contributed by atoms with Crippen molar-refractivity contribution in [3.05, 3.63) is 23.3 Å². The Morgan fingerprint density at radius 1 is 1.19 bits per heavy atom. The van der Waals surface area contributed by atoms with Crippen molar-refractivity contribution >= 4 is 15.7 Å². The largest absolute Gasteiger partial charge is 0.398 e. The number of anilines is 1. The van der Waals surface area contributed by atoms with Crippen molar-refractivity contribution in [3.8, 4) is 0 Å². The monoisotopic (exact) mass is 310 g/mol. The SMILES string of the molecule is Cc1ccc(N)c(S(=O)(=O)N(C)C2CCCCC2C)c1C. The molecule has 0 radical (unpaired) electrons. The third kappa shape index (κ3) is 2.94. The van der Waals surface area contributed by atoms with Crippen LogP contribution < -0.4 is 5.73 Å². The van der Waals surface area contributed by atoms with Crippen molar-refractivity contribution in [2.75, 3.05) is 12.8 Å². The van der Waals surface area contributed by atoms with Crippen molar-refractivity contribution in [1.82, 2.24) is 4.31 Å². The molecule has 1 aliphatic carbocycles. The van der Waals surface area contributed by atoms with Gasteiger partial charge in [-0.05, 0) is 49.8 Å². The zero-order valence-electron chi connectivity index (χ0n) is 13.4. The normalized spacial score (nSPS) is 23.5. The molecule has 2 atom stereocenters. The summed E-state index contributed by atoms with van der Waals surface area (Å²) < 4.78 is 27.6. The molecule has 1 aromatic rings. The summed E-state index contributed by atoms with van der Waals surface area (Å²) in [6.07, 6.45) is 4.31. The summed E-state index contributed by atoms with van der Waals surface area (Å²) >= 11 is 0. The first-order valence-electron chi connectivity index (χ1n) is 7.60. The van der Waals surface area contributed by atoms with Gasteiger partial charge in [0.15, 0.2) is 0 Å². The molecule has 0 aliphatic heterocycles. The molecule has 21 heavy (non-hydrogen) atoms. The van der Waals surface area contributed by atoms with Gasteiger partial charge in [-0.1, -0.05) is 25.8 Å². The van der Waals surface area contributed by atoms with Crippen LogP contribution in [0.3, 0.4) is 0 Å². The Hall–Kier alpha value is -1.07. The number of rotatable bonds is 3. The van der Waals surface area contributed by atoms with Gasteiger partial charge in [-0.25, -0.2) is 8.42 Å². The molecular weight excluding hydrogens is 284 g/mol. The minimum absolute atomic E-state index is 0.0723. The molecule has 1 fully saturated rings. The van der Waals surface area contributed by atoms with E-state index in [-0.39, 0.29) is 10.9 Å². The second kappa shape index (κ2) is 5.97. The van der Waals surface area contributed by atoms with Crippen LogP contribution in [0.2, 0.25) is 0 Å². The van der Waals surface area contributed by atoms with E-state index in [9.17, 15) is 8.42 Å². The molecule has 118 valence electrons. The zero-order valence-corrected chi connectivity index (χ0v) is 14.2. The summed E-state index contributed by atoms with van der Waals surface area (Å²) in [6, 6.07) is 3.63. The molecule has 0 spiro atoms. The molecule has 1 saturated carbocycles. The number of aryl methyl sites for hydroxylation is 1. The fourth-order valence-electron chi connectivity index (χ4n) is 3.31. The van der Waals surface area contributed by atoms with E-state index in [4.69, 9.17) is 5.73 Å². The van der Waals surface area contributed by atoms with Crippen molar-refractivity contribution in [1.29, 1.82) is 0 Å². The van der Waals surface area contributed by atoms with Gasteiger partial charge < -0.3 is 5.73 Å². The van der Waals surface area contributed by atoms with Crippen LogP contribution in [0, 0.1) is 19.8 Å². The van der Waals surface area contributed by atoms with Crippen LogP contribution in [0.15, 0.2) is 17.0 Å².